The van der Waals surface area contributed by atoms with Gasteiger partial charge in [0.1, 0.15) is 17.4 Å². The fourth-order valence-electron chi connectivity index (χ4n) is 1.42. The number of anilines is 1. The van der Waals surface area contributed by atoms with Crippen LogP contribution >= 0.6 is 0 Å². The Labute approximate surface area is 97.5 Å². The van der Waals surface area contributed by atoms with Crippen LogP contribution in [0.5, 0.6) is 0 Å². The molecule has 0 aliphatic heterocycles. The Morgan fingerprint density at radius 3 is 2.65 bits per heavy atom. The summed E-state index contributed by atoms with van der Waals surface area (Å²) >= 11 is 0. The van der Waals surface area contributed by atoms with Crippen molar-refractivity contribution in [2.45, 2.75) is 20.4 Å². The number of hydrogen-bond acceptors (Lipinski definition) is 3. The zero-order valence-corrected chi connectivity index (χ0v) is 9.55. The van der Waals surface area contributed by atoms with Crippen LogP contribution in [-0.2, 0) is 6.54 Å². The molecule has 0 aliphatic carbocycles. The number of rotatable bonds is 3. The van der Waals surface area contributed by atoms with E-state index in [9.17, 15) is 8.78 Å². The van der Waals surface area contributed by atoms with Crippen molar-refractivity contribution in [2.24, 2.45) is 0 Å². The Bertz CT molecular complexity index is 518. The molecule has 0 radical (unpaired) electrons. The summed E-state index contributed by atoms with van der Waals surface area (Å²) in [6.45, 7) is 3.91. The van der Waals surface area contributed by atoms with Crippen molar-refractivity contribution in [1.29, 1.82) is 0 Å². The number of nitrogens with zero attached hydrogens (tertiary/aromatic N) is 1. The first-order chi connectivity index (χ1) is 8.06. The molecule has 1 aromatic heterocycles. The van der Waals surface area contributed by atoms with Gasteiger partial charge in [-0.2, -0.15) is 0 Å². The lowest BCUT2D eigenvalue weighted by molar-refractivity contribution is 0.477. The van der Waals surface area contributed by atoms with Gasteiger partial charge < -0.3 is 9.73 Å². The molecule has 0 amide bonds. The molecule has 17 heavy (non-hydrogen) atoms. The smallest absolute Gasteiger partial charge is 0.213 e. The van der Waals surface area contributed by atoms with Gasteiger partial charge in [-0.15, -0.1) is 0 Å². The lowest BCUT2D eigenvalue weighted by Crippen LogP contribution is -2.02. The average molecular weight is 238 g/mol. The third-order valence-corrected chi connectivity index (χ3v) is 2.43. The van der Waals surface area contributed by atoms with Gasteiger partial charge >= 0.3 is 0 Å². The number of benzene rings is 1. The highest BCUT2D eigenvalue weighted by atomic mass is 19.1. The second-order valence-corrected chi connectivity index (χ2v) is 3.73. The predicted octanol–water partition coefficient (Wildman–Crippen LogP) is 3.18. The molecular formula is C12H12F2N2O. The minimum absolute atomic E-state index is 0.222. The third-order valence-electron chi connectivity index (χ3n) is 2.43. The van der Waals surface area contributed by atoms with Crippen LogP contribution in [0.3, 0.4) is 0 Å². The average Bonchev–Trinajstić information content (AvgIpc) is 2.57. The SMILES string of the molecule is Cc1nc(CNc2ccc(F)cc2F)oc1C. The second-order valence-electron chi connectivity index (χ2n) is 3.73. The summed E-state index contributed by atoms with van der Waals surface area (Å²) in [5.41, 5.74) is 1.03. The zero-order chi connectivity index (χ0) is 12.4. The highest BCUT2D eigenvalue weighted by molar-refractivity contribution is 5.44. The Balaban J connectivity index is 2.07. The van der Waals surface area contributed by atoms with Gasteiger partial charge in [-0.05, 0) is 26.0 Å². The molecule has 0 spiro atoms. The largest absolute Gasteiger partial charge is 0.444 e. The Morgan fingerprint density at radius 2 is 2.06 bits per heavy atom. The fraction of sp³-hybridized carbons (Fsp3) is 0.250. The van der Waals surface area contributed by atoms with E-state index in [1.165, 1.54) is 12.1 Å². The number of nitrogens with one attached hydrogen (secondary N) is 1. The predicted molar refractivity (Wildman–Crippen MR) is 59.7 cm³/mol. The van der Waals surface area contributed by atoms with Crippen molar-refractivity contribution in [3.8, 4) is 0 Å². The lowest BCUT2D eigenvalue weighted by Gasteiger charge is -2.04. The minimum Gasteiger partial charge on any atom is -0.444 e. The van der Waals surface area contributed by atoms with Crippen LogP contribution in [0, 0.1) is 25.5 Å². The molecule has 90 valence electrons. The molecule has 0 saturated heterocycles. The van der Waals surface area contributed by atoms with Crippen LogP contribution in [0.1, 0.15) is 17.3 Å². The molecule has 0 saturated carbocycles. The van der Waals surface area contributed by atoms with Crippen molar-refractivity contribution in [2.75, 3.05) is 5.32 Å². The van der Waals surface area contributed by atoms with Gasteiger partial charge in [0.05, 0.1) is 17.9 Å². The number of aromatic nitrogens is 1. The van der Waals surface area contributed by atoms with E-state index in [2.05, 4.69) is 10.3 Å². The van der Waals surface area contributed by atoms with Gasteiger partial charge in [-0.1, -0.05) is 0 Å². The molecule has 3 nitrogen and oxygen atoms in total. The Kier molecular flexibility index (Phi) is 3.08. The molecule has 1 N–H and O–H groups in total. The van der Waals surface area contributed by atoms with Crippen LogP contribution in [0.2, 0.25) is 0 Å². The van der Waals surface area contributed by atoms with Crippen molar-refractivity contribution >= 4 is 5.69 Å². The van der Waals surface area contributed by atoms with E-state index in [1.54, 1.807) is 0 Å². The van der Waals surface area contributed by atoms with Crippen molar-refractivity contribution < 1.29 is 13.2 Å². The molecule has 1 heterocycles. The van der Waals surface area contributed by atoms with Crippen LogP contribution in [-0.4, -0.2) is 4.98 Å². The molecular weight excluding hydrogens is 226 g/mol. The summed E-state index contributed by atoms with van der Waals surface area (Å²) in [6.07, 6.45) is 0. The highest BCUT2D eigenvalue weighted by Crippen LogP contribution is 2.16. The molecule has 2 aromatic rings. The standard InChI is InChI=1S/C12H12F2N2O/c1-7-8(2)17-12(16-7)6-15-11-4-3-9(13)5-10(11)14/h3-5,15H,6H2,1-2H3. The van der Waals surface area contributed by atoms with Gasteiger partial charge in [-0.3, -0.25) is 0 Å². The number of halogens is 2. The molecule has 2 rings (SSSR count). The molecule has 1 aromatic carbocycles. The molecule has 0 atom stereocenters. The van der Waals surface area contributed by atoms with Crippen molar-refractivity contribution in [3.63, 3.8) is 0 Å². The van der Waals surface area contributed by atoms with E-state index in [-0.39, 0.29) is 12.2 Å². The summed E-state index contributed by atoms with van der Waals surface area (Å²) in [7, 11) is 0. The first-order valence-corrected chi connectivity index (χ1v) is 5.18. The maximum absolute atomic E-state index is 13.3. The van der Waals surface area contributed by atoms with E-state index >= 15 is 0 Å². The van der Waals surface area contributed by atoms with E-state index in [0.717, 1.165) is 17.5 Å². The fourth-order valence-corrected chi connectivity index (χ4v) is 1.42. The first-order valence-electron chi connectivity index (χ1n) is 5.18. The molecule has 0 aliphatic rings. The van der Waals surface area contributed by atoms with Crippen molar-refractivity contribution in [1.82, 2.24) is 4.98 Å². The minimum atomic E-state index is -0.634. The second kappa shape index (κ2) is 4.53. The highest BCUT2D eigenvalue weighted by Gasteiger charge is 2.07. The van der Waals surface area contributed by atoms with Gasteiger partial charge in [-0.25, -0.2) is 13.8 Å². The number of aryl methyl sites for hydroxylation is 2. The normalized spacial score (nSPS) is 10.6. The van der Waals surface area contributed by atoms with Crippen LogP contribution in [0.25, 0.3) is 0 Å². The lowest BCUT2D eigenvalue weighted by atomic mass is 10.3. The number of oxazole rings is 1. The topological polar surface area (TPSA) is 38.1 Å². The summed E-state index contributed by atoms with van der Waals surface area (Å²) in [5.74, 6) is -0.0223. The molecule has 0 unspecified atom stereocenters. The maximum Gasteiger partial charge on any atom is 0.213 e. The van der Waals surface area contributed by atoms with Gasteiger partial charge in [0.2, 0.25) is 5.89 Å². The maximum atomic E-state index is 13.3. The van der Waals surface area contributed by atoms with E-state index in [1.807, 2.05) is 13.8 Å². The molecule has 0 bridgehead atoms. The summed E-state index contributed by atoms with van der Waals surface area (Å²) in [6, 6.07) is 3.36. The summed E-state index contributed by atoms with van der Waals surface area (Å²) in [5, 5.41) is 2.80. The monoisotopic (exact) mass is 238 g/mol. The van der Waals surface area contributed by atoms with Crippen molar-refractivity contribution in [3.05, 3.63) is 47.2 Å². The summed E-state index contributed by atoms with van der Waals surface area (Å²) in [4.78, 5) is 4.15. The van der Waals surface area contributed by atoms with Crippen LogP contribution in [0.15, 0.2) is 22.6 Å². The zero-order valence-electron chi connectivity index (χ0n) is 9.55. The Morgan fingerprint density at radius 1 is 1.29 bits per heavy atom. The van der Waals surface area contributed by atoms with Gasteiger partial charge in [0, 0.05) is 6.07 Å². The quantitative estimate of drug-likeness (QED) is 0.892. The van der Waals surface area contributed by atoms with Crippen LogP contribution < -0.4 is 5.32 Å². The van der Waals surface area contributed by atoms with Crippen LogP contribution in [0.4, 0.5) is 14.5 Å². The summed E-state index contributed by atoms with van der Waals surface area (Å²) < 4.78 is 31.3. The van der Waals surface area contributed by atoms with E-state index in [0.29, 0.717) is 5.89 Å². The van der Waals surface area contributed by atoms with Gasteiger partial charge in [0.25, 0.3) is 0 Å². The Hall–Kier alpha value is -1.91. The van der Waals surface area contributed by atoms with E-state index in [4.69, 9.17) is 4.42 Å². The third kappa shape index (κ3) is 2.61. The molecule has 5 heteroatoms. The van der Waals surface area contributed by atoms with E-state index < -0.39 is 11.6 Å². The first kappa shape index (κ1) is 11.6. The van der Waals surface area contributed by atoms with Gasteiger partial charge in [0.15, 0.2) is 0 Å². The number of hydrogen-bond donors (Lipinski definition) is 1. The molecule has 0 fully saturated rings.